The third-order valence-electron chi connectivity index (χ3n) is 1.03. The fourth-order valence-electron chi connectivity index (χ4n) is 0.602. The van der Waals surface area contributed by atoms with E-state index in [1.807, 2.05) is 22.6 Å². The Hall–Kier alpha value is -0.300. The summed E-state index contributed by atoms with van der Waals surface area (Å²) in [7, 11) is 0. The van der Waals surface area contributed by atoms with Crippen LogP contribution in [-0.4, -0.2) is 17.6 Å². The molecular weight excluding hydrogens is 296 g/mol. The van der Waals surface area contributed by atoms with Crippen LogP contribution in [0, 0.1) is 3.77 Å². The molecule has 0 saturated carbocycles. The van der Waals surface area contributed by atoms with Crippen LogP contribution in [0.25, 0.3) is 0 Å². The minimum absolute atomic E-state index is 0.0533. The van der Waals surface area contributed by atoms with Gasteiger partial charge in [0.2, 0.25) is 5.69 Å². The van der Waals surface area contributed by atoms with E-state index in [0.29, 0.717) is 10.4 Å². The molecule has 0 amide bonds. The van der Waals surface area contributed by atoms with Gasteiger partial charge in [-0.2, -0.15) is 4.98 Å². The molecule has 1 aromatic rings. The SMILES string of the molecule is CCOC(=O)c1nc(Cl)oc1I. The highest BCUT2D eigenvalue weighted by molar-refractivity contribution is 14.1. The number of aromatic nitrogens is 1. The second-order valence-electron chi connectivity index (χ2n) is 1.81. The summed E-state index contributed by atoms with van der Waals surface area (Å²) < 4.78 is 9.86. The predicted molar refractivity (Wildman–Crippen MR) is 50.2 cm³/mol. The van der Waals surface area contributed by atoms with E-state index in [2.05, 4.69) is 4.98 Å². The summed E-state index contributed by atoms with van der Waals surface area (Å²) >= 11 is 7.24. The van der Waals surface area contributed by atoms with Crippen LogP contribution >= 0.6 is 34.2 Å². The lowest BCUT2D eigenvalue weighted by atomic mass is 10.5. The molecule has 1 aromatic heterocycles. The number of nitrogens with zero attached hydrogens (tertiary/aromatic N) is 1. The first kappa shape index (κ1) is 9.79. The van der Waals surface area contributed by atoms with Gasteiger partial charge in [0, 0.05) is 22.6 Å². The third kappa shape index (κ3) is 2.10. The first-order chi connectivity index (χ1) is 5.65. The van der Waals surface area contributed by atoms with Crippen LogP contribution in [0.1, 0.15) is 17.4 Å². The van der Waals surface area contributed by atoms with E-state index >= 15 is 0 Å². The van der Waals surface area contributed by atoms with Gasteiger partial charge >= 0.3 is 5.97 Å². The summed E-state index contributed by atoms with van der Waals surface area (Å²) in [5.74, 6) is -0.516. The van der Waals surface area contributed by atoms with E-state index in [0.717, 1.165) is 0 Å². The van der Waals surface area contributed by atoms with Crippen LogP contribution in [0.5, 0.6) is 0 Å². The van der Waals surface area contributed by atoms with Crippen molar-refractivity contribution < 1.29 is 13.9 Å². The molecule has 0 spiro atoms. The van der Waals surface area contributed by atoms with E-state index in [9.17, 15) is 4.79 Å². The van der Waals surface area contributed by atoms with E-state index in [1.165, 1.54) is 0 Å². The zero-order valence-corrected chi connectivity index (χ0v) is 9.05. The van der Waals surface area contributed by atoms with Gasteiger partial charge in [-0.3, -0.25) is 0 Å². The van der Waals surface area contributed by atoms with Gasteiger partial charge < -0.3 is 9.15 Å². The van der Waals surface area contributed by atoms with Crippen molar-refractivity contribution in [2.24, 2.45) is 0 Å². The number of oxazole rings is 1. The predicted octanol–water partition coefficient (Wildman–Crippen LogP) is 2.11. The summed E-state index contributed by atoms with van der Waals surface area (Å²) in [6.45, 7) is 2.02. The van der Waals surface area contributed by atoms with Crippen molar-refractivity contribution in [1.82, 2.24) is 4.98 Å². The van der Waals surface area contributed by atoms with Crippen LogP contribution in [0.4, 0.5) is 0 Å². The maximum Gasteiger partial charge on any atom is 0.361 e. The van der Waals surface area contributed by atoms with E-state index < -0.39 is 5.97 Å². The molecule has 0 unspecified atom stereocenters. The summed E-state index contributed by atoms with van der Waals surface area (Å²) in [4.78, 5) is 14.7. The fourth-order valence-corrected chi connectivity index (χ4v) is 1.44. The van der Waals surface area contributed by atoms with Gasteiger partial charge in [0.1, 0.15) is 0 Å². The Kier molecular flexibility index (Phi) is 3.33. The molecule has 0 atom stereocenters. The Morgan fingerprint density at radius 3 is 2.92 bits per heavy atom. The smallest absolute Gasteiger partial charge is 0.361 e. The molecule has 0 radical (unpaired) electrons. The quantitative estimate of drug-likeness (QED) is 0.620. The Bertz CT molecular complexity index is 299. The van der Waals surface area contributed by atoms with Crippen molar-refractivity contribution in [1.29, 1.82) is 0 Å². The normalized spacial score (nSPS) is 9.92. The Balaban J connectivity index is 2.87. The molecule has 1 rings (SSSR count). The highest BCUT2D eigenvalue weighted by atomic mass is 127. The molecule has 12 heavy (non-hydrogen) atoms. The summed E-state index contributed by atoms with van der Waals surface area (Å²) in [5.41, 5.74) is 0.127. The van der Waals surface area contributed by atoms with Gasteiger partial charge in [-0.25, -0.2) is 4.79 Å². The summed E-state index contributed by atoms with van der Waals surface area (Å²) in [6, 6.07) is 0. The number of ether oxygens (including phenoxy) is 1. The number of carbonyl (C=O) groups excluding carboxylic acids is 1. The Morgan fingerprint density at radius 2 is 2.50 bits per heavy atom. The van der Waals surface area contributed by atoms with Crippen LogP contribution < -0.4 is 0 Å². The average Bonchev–Trinajstić information content (AvgIpc) is 2.30. The molecule has 0 N–H and O–H groups in total. The third-order valence-corrected chi connectivity index (χ3v) is 1.92. The second kappa shape index (κ2) is 4.08. The van der Waals surface area contributed by atoms with Crippen molar-refractivity contribution >= 4 is 40.2 Å². The number of halogens is 2. The molecule has 66 valence electrons. The lowest BCUT2D eigenvalue weighted by molar-refractivity contribution is 0.0518. The minimum Gasteiger partial charge on any atom is -0.461 e. The number of hydrogen-bond acceptors (Lipinski definition) is 4. The molecule has 1 heterocycles. The maximum absolute atomic E-state index is 11.1. The summed E-state index contributed by atoms with van der Waals surface area (Å²) in [6.07, 6.45) is 0. The molecule has 0 saturated heterocycles. The topological polar surface area (TPSA) is 52.3 Å². The molecule has 0 bridgehead atoms. The zero-order chi connectivity index (χ0) is 9.14. The standard InChI is InChI=1S/C6H5ClINO3/c1-2-11-5(10)3-4(8)12-6(7)9-3/h2H2,1H3. The van der Waals surface area contributed by atoms with Crippen molar-refractivity contribution in [2.45, 2.75) is 6.92 Å². The molecule has 4 nitrogen and oxygen atoms in total. The molecule has 0 aliphatic heterocycles. The lowest BCUT2D eigenvalue weighted by Crippen LogP contribution is -2.06. The maximum atomic E-state index is 11.1. The Morgan fingerprint density at radius 1 is 1.83 bits per heavy atom. The largest absolute Gasteiger partial charge is 0.461 e. The molecule has 0 aromatic carbocycles. The summed E-state index contributed by atoms with van der Waals surface area (Å²) in [5, 5.41) is -0.0533. The van der Waals surface area contributed by atoms with E-state index in [4.69, 9.17) is 20.8 Å². The first-order valence-electron chi connectivity index (χ1n) is 3.14. The number of esters is 1. The lowest BCUT2D eigenvalue weighted by Gasteiger charge is -1.95. The van der Waals surface area contributed by atoms with Crippen LogP contribution in [0.2, 0.25) is 5.35 Å². The number of carbonyl (C=O) groups is 1. The highest BCUT2D eigenvalue weighted by Crippen LogP contribution is 2.17. The van der Waals surface area contributed by atoms with Crippen molar-refractivity contribution in [2.75, 3.05) is 6.61 Å². The number of hydrogen-bond donors (Lipinski definition) is 0. The van der Waals surface area contributed by atoms with E-state index in [1.54, 1.807) is 6.92 Å². The minimum atomic E-state index is -0.516. The van der Waals surface area contributed by atoms with Crippen LogP contribution in [0.15, 0.2) is 4.42 Å². The van der Waals surface area contributed by atoms with Crippen LogP contribution in [-0.2, 0) is 4.74 Å². The Labute approximate surface area is 87.4 Å². The van der Waals surface area contributed by atoms with Gasteiger partial charge in [0.25, 0.3) is 5.35 Å². The average molecular weight is 301 g/mol. The first-order valence-corrected chi connectivity index (χ1v) is 4.59. The monoisotopic (exact) mass is 301 g/mol. The van der Waals surface area contributed by atoms with Crippen molar-refractivity contribution in [3.05, 3.63) is 14.8 Å². The van der Waals surface area contributed by atoms with Crippen LogP contribution in [0.3, 0.4) is 0 Å². The van der Waals surface area contributed by atoms with Gasteiger partial charge in [-0.1, -0.05) is 0 Å². The second-order valence-corrected chi connectivity index (χ2v) is 3.11. The van der Waals surface area contributed by atoms with Gasteiger partial charge in [0.15, 0.2) is 3.77 Å². The molecule has 0 fully saturated rings. The molecule has 6 heteroatoms. The zero-order valence-electron chi connectivity index (χ0n) is 6.13. The molecular formula is C6H5ClINO3. The molecule has 0 aliphatic rings. The van der Waals surface area contributed by atoms with Gasteiger partial charge in [0.05, 0.1) is 6.61 Å². The van der Waals surface area contributed by atoms with E-state index in [-0.39, 0.29) is 11.0 Å². The van der Waals surface area contributed by atoms with Gasteiger partial charge in [-0.05, 0) is 18.5 Å². The molecule has 0 aliphatic carbocycles. The number of rotatable bonds is 2. The van der Waals surface area contributed by atoms with Crippen molar-refractivity contribution in [3.63, 3.8) is 0 Å². The van der Waals surface area contributed by atoms with Crippen molar-refractivity contribution in [3.8, 4) is 0 Å². The highest BCUT2D eigenvalue weighted by Gasteiger charge is 2.18. The fraction of sp³-hybridized carbons (Fsp3) is 0.333. The van der Waals surface area contributed by atoms with Gasteiger partial charge in [-0.15, -0.1) is 0 Å².